The van der Waals surface area contributed by atoms with Crippen LogP contribution in [0.25, 0.3) is 0 Å². The maximum atomic E-state index is 14.0. The van der Waals surface area contributed by atoms with Crippen LogP contribution in [0.1, 0.15) is 44.9 Å². The molecule has 0 saturated heterocycles. The molecule has 6 heteroatoms. The Balaban J connectivity index is 2.63. The van der Waals surface area contributed by atoms with E-state index >= 15 is 0 Å². The normalized spacial score (nSPS) is 17.6. The van der Waals surface area contributed by atoms with Crippen molar-refractivity contribution in [2.24, 2.45) is 0 Å². The fourth-order valence-corrected chi connectivity index (χ4v) is 2.51. The molecule has 0 amide bonds. The van der Waals surface area contributed by atoms with E-state index in [-0.39, 0.29) is 30.9 Å². The van der Waals surface area contributed by atoms with Crippen molar-refractivity contribution in [3.05, 3.63) is 11.3 Å². The number of fused-ring (bicyclic) bond motifs is 1. The van der Waals surface area contributed by atoms with E-state index in [0.717, 1.165) is 0 Å². The van der Waals surface area contributed by atoms with Gasteiger partial charge >= 0.3 is 6.01 Å². The Morgan fingerprint density at radius 3 is 2.35 bits per heavy atom. The van der Waals surface area contributed by atoms with E-state index in [1.807, 2.05) is 27.7 Å². The van der Waals surface area contributed by atoms with Gasteiger partial charge < -0.3 is 9.64 Å². The first kappa shape index (κ1) is 14.9. The van der Waals surface area contributed by atoms with E-state index in [4.69, 9.17) is 4.74 Å². The van der Waals surface area contributed by atoms with Crippen molar-refractivity contribution >= 4 is 5.82 Å². The van der Waals surface area contributed by atoms with Gasteiger partial charge in [0.2, 0.25) is 0 Å². The second-order valence-corrected chi connectivity index (χ2v) is 5.81. The van der Waals surface area contributed by atoms with E-state index < -0.39 is 5.92 Å². The number of hydrogen-bond donors (Lipinski definition) is 0. The van der Waals surface area contributed by atoms with Gasteiger partial charge in [0.05, 0.1) is 19.3 Å². The van der Waals surface area contributed by atoms with E-state index in [9.17, 15) is 8.78 Å². The highest BCUT2D eigenvalue weighted by atomic mass is 19.3. The highest BCUT2D eigenvalue weighted by Crippen LogP contribution is 2.38. The number of hydrogen-bond acceptors (Lipinski definition) is 4. The van der Waals surface area contributed by atoms with Crippen LogP contribution in [0.2, 0.25) is 0 Å². The number of alkyl halides is 2. The van der Waals surface area contributed by atoms with Gasteiger partial charge in [0, 0.05) is 18.0 Å². The zero-order valence-corrected chi connectivity index (χ0v) is 12.6. The van der Waals surface area contributed by atoms with Gasteiger partial charge in [-0.2, -0.15) is 9.97 Å². The van der Waals surface area contributed by atoms with Crippen molar-refractivity contribution in [2.75, 3.05) is 18.6 Å². The second-order valence-electron chi connectivity index (χ2n) is 5.81. The lowest BCUT2D eigenvalue weighted by molar-refractivity contribution is 0.00301. The summed E-state index contributed by atoms with van der Waals surface area (Å²) in [6.07, 6.45) is -0.303. The summed E-state index contributed by atoms with van der Waals surface area (Å²) >= 11 is 0. The SMILES string of the molecule is COc1nc(C(C)C)c2c(n1)N(C(C)C)CC(F)(F)C2. The standard InChI is InChI=1S/C14H21F2N3O/c1-8(2)11-10-6-14(15,16)7-19(9(3)4)12(10)18-13(17-11)20-5/h8-9H,6-7H2,1-5H3. The smallest absolute Gasteiger partial charge is 0.318 e. The molecule has 20 heavy (non-hydrogen) atoms. The Kier molecular flexibility index (Phi) is 3.84. The molecule has 0 aromatic carbocycles. The maximum absolute atomic E-state index is 14.0. The Hall–Kier alpha value is -1.46. The Morgan fingerprint density at radius 1 is 1.20 bits per heavy atom. The zero-order chi connectivity index (χ0) is 15.1. The van der Waals surface area contributed by atoms with Gasteiger partial charge in [0.1, 0.15) is 5.82 Å². The number of ether oxygens (including phenoxy) is 1. The predicted octanol–water partition coefficient (Wildman–Crippen LogP) is 3.01. The molecule has 0 unspecified atom stereocenters. The van der Waals surface area contributed by atoms with Gasteiger partial charge in [-0.05, 0) is 19.8 Å². The average Bonchev–Trinajstić information content (AvgIpc) is 2.35. The molecule has 1 aliphatic rings. The van der Waals surface area contributed by atoms with Crippen molar-refractivity contribution in [3.8, 4) is 6.01 Å². The van der Waals surface area contributed by atoms with Gasteiger partial charge in [-0.1, -0.05) is 13.8 Å². The Bertz CT molecular complexity index is 503. The first-order valence-corrected chi connectivity index (χ1v) is 6.84. The van der Waals surface area contributed by atoms with E-state index in [1.165, 1.54) is 7.11 Å². The summed E-state index contributed by atoms with van der Waals surface area (Å²) in [5, 5.41) is 0. The first-order valence-electron chi connectivity index (χ1n) is 6.84. The van der Waals surface area contributed by atoms with Crippen molar-refractivity contribution in [2.45, 2.75) is 52.0 Å². The Morgan fingerprint density at radius 2 is 1.85 bits per heavy atom. The molecule has 0 saturated carbocycles. The van der Waals surface area contributed by atoms with Crippen molar-refractivity contribution in [1.82, 2.24) is 9.97 Å². The van der Waals surface area contributed by atoms with Crippen LogP contribution >= 0.6 is 0 Å². The molecule has 0 aliphatic carbocycles. The predicted molar refractivity (Wildman–Crippen MR) is 73.8 cm³/mol. The van der Waals surface area contributed by atoms with Gasteiger partial charge in [0.15, 0.2) is 0 Å². The van der Waals surface area contributed by atoms with Gasteiger partial charge in [0.25, 0.3) is 5.92 Å². The van der Waals surface area contributed by atoms with Crippen molar-refractivity contribution in [1.29, 1.82) is 0 Å². The minimum Gasteiger partial charge on any atom is -0.467 e. The number of aromatic nitrogens is 2. The number of halogens is 2. The summed E-state index contributed by atoms with van der Waals surface area (Å²) in [6, 6.07) is 0.183. The molecule has 1 aliphatic heterocycles. The number of nitrogens with zero attached hydrogens (tertiary/aromatic N) is 3. The van der Waals surface area contributed by atoms with E-state index in [2.05, 4.69) is 9.97 Å². The van der Waals surface area contributed by atoms with Crippen LogP contribution in [0.4, 0.5) is 14.6 Å². The molecule has 0 spiro atoms. The molecular weight excluding hydrogens is 264 g/mol. The maximum Gasteiger partial charge on any atom is 0.318 e. The molecule has 1 aromatic rings. The minimum absolute atomic E-state index is 0.0450. The lowest BCUT2D eigenvalue weighted by atomic mass is 9.95. The van der Waals surface area contributed by atoms with Crippen LogP contribution in [-0.4, -0.2) is 35.6 Å². The van der Waals surface area contributed by atoms with Crippen LogP contribution in [0.3, 0.4) is 0 Å². The summed E-state index contributed by atoms with van der Waals surface area (Å²) in [5.41, 5.74) is 1.20. The summed E-state index contributed by atoms with van der Waals surface area (Å²) in [4.78, 5) is 10.2. The lowest BCUT2D eigenvalue weighted by Crippen LogP contribution is -2.47. The first-order chi connectivity index (χ1) is 9.25. The lowest BCUT2D eigenvalue weighted by Gasteiger charge is -2.38. The quantitative estimate of drug-likeness (QED) is 0.855. The fraction of sp³-hybridized carbons (Fsp3) is 0.714. The van der Waals surface area contributed by atoms with Crippen LogP contribution < -0.4 is 9.64 Å². The second kappa shape index (κ2) is 5.14. The molecular formula is C14H21F2N3O. The molecule has 4 nitrogen and oxygen atoms in total. The van der Waals surface area contributed by atoms with E-state index in [0.29, 0.717) is 17.1 Å². The van der Waals surface area contributed by atoms with Gasteiger partial charge in [-0.25, -0.2) is 8.78 Å². The minimum atomic E-state index is -2.75. The third kappa shape index (κ3) is 2.69. The molecule has 0 N–H and O–H groups in total. The molecule has 0 radical (unpaired) electrons. The monoisotopic (exact) mass is 285 g/mol. The number of rotatable bonds is 3. The molecule has 2 rings (SSSR count). The van der Waals surface area contributed by atoms with Crippen molar-refractivity contribution in [3.63, 3.8) is 0 Å². The number of anilines is 1. The van der Waals surface area contributed by atoms with Gasteiger partial charge in [-0.3, -0.25) is 0 Å². The highest BCUT2D eigenvalue weighted by molar-refractivity contribution is 5.54. The van der Waals surface area contributed by atoms with Crippen LogP contribution in [0.5, 0.6) is 6.01 Å². The van der Waals surface area contributed by atoms with Crippen molar-refractivity contribution < 1.29 is 13.5 Å². The average molecular weight is 285 g/mol. The number of methoxy groups -OCH3 is 1. The summed E-state index contributed by atoms with van der Waals surface area (Å²) < 4.78 is 33.1. The zero-order valence-electron chi connectivity index (χ0n) is 12.6. The summed E-state index contributed by atoms with van der Waals surface area (Å²) in [5.74, 6) is -2.12. The summed E-state index contributed by atoms with van der Waals surface area (Å²) in [6.45, 7) is 7.34. The topological polar surface area (TPSA) is 38.3 Å². The van der Waals surface area contributed by atoms with Gasteiger partial charge in [-0.15, -0.1) is 0 Å². The third-order valence-electron chi connectivity index (χ3n) is 3.46. The molecule has 112 valence electrons. The molecule has 1 aromatic heterocycles. The van der Waals surface area contributed by atoms with Crippen LogP contribution in [0.15, 0.2) is 0 Å². The summed E-state index contributed by atoms with van der Waals surface area (Å²) in [7, 11) is 1.49. The largest absolute Gasteiger partial charge is 0.467 e. The Labute approximate surface area is 118 Å². The van der Waals surface area contributed by atoms with E-state index in [1.54, 1.807) is 4.90 Å². The molecule has 2 heterocycles. The van der Waals surface area contributed by atoms with Crippen LogP contribution in [0, 0.1) is 0 Å². The molecule has 0 atom stereocenters. The highest BCUT2D eigenvalue weighted by Gasteiger charge is 2.42. The molecule has 0 fully saturated rings. The third-order valence-corrected chi connectivity index (χ3v) is 3.46. The fourth-order valence-electron chi connectivity index (χ4n) is 2.51. The van der Waals surface area contributed by atoms with Crippen LogP contribution in [-0.2, 0) is 6.42 Å². The molecule has 0 bridgehead atoms.